The molecule has 0 amide bonds. The number of hydrogen-bond acceptors (Lipinski definition) is 3. The van der Waals surface area contributed by atoms with E-state index in [1.165, 1.54) is 12.1 Å². The average Bonchev–Trinajstić information content (AvgIpc) is 2.35. The van der Waals surface area contributed by atoms with Crippen LogP contribution < -0.4 is 0 Å². The van der Waals surface area contributed by atoms with Crippen LogP contribution in [0, 0.1) is 5.82 Å². The molecule has 5 heteroatoms. The van der Waals surface area contributed by atoms with E-state index in [2.05, 4.69) is 6.58 Å². The Morgan fingerprint density at radius 1 is 1.44 bits per heavy atom. The summed E-state index contributed by atoms with van der Waals surface area (Å²) < 4.78 is 23.6. The molecule has 1 rings (SSSR count). The number of ether oxygens (including phenoxy) is 2. The van der Waals surface area contributed by atoms with Gasteiger partial charge in [0.15, 0.2) is 0 Å². The quantitative estimate of drug-likeness (QED) is 0.598. The normalized spacial score (nSPS) is 10.3. The van der Waals surface area contributed by atoms with E-state index in [0.29, 0.717) is 18.8 Å². The lowest BCUT2D eigenvalue weighted by molar-refractivity contribution is -0.130. The maximum Gasteiger partial charge on any atom is 0.335 e. The van der Waals surface area contributed by atoms with Crippen molar-refractivity contribution in [3.8, 4) is 0 Å². The summed E-state index contributed by atoms with van der Waals surface area (Å²) >= 11 is 0. The maximum absolute atomic E-state index is 13.6. The number of halogens is 1. The van der Waals surface area contributed by atoms with Gasteiger partial charge >= 0.3 is 5.97 Å². The highest BCUT2D eigenvalue weighted by molar-refractivity contribution is 6.14. The van der Waals surface area contributed by atoms with Gasteiger partial charge in [0.25, 0.3) is 0 Å². The van der Waals surface area contributed by atoms with Crippen LogP contribution in [0.1, 0.15) is 11.1 Å². The van der Waals surface area contributed by atoms with Gasteiger partial charge in [0, 0.05) is 12.7 Å². The zero-order valence-corrected chi connectivity index (χ0v) is 10.1. The first-order valence-corrected chi connectivity index (χ1v) is 5.34. The predicted molar refractivity (Wildman–Crippen MR) is 64.6 cm³/mol. The highest BCUT2D eigenvalue weighted by Crippen LogP contribution is 2.17. The van der Waals surface area contributed by atoms with Crippen molar-refractivity contribution >= 4 is 11.5 Å². The van der Waals surface area contributed by atoms with Crippen molar-refractivity contribution in [3.63, 3.8) is 0 Å². The molecule has 0 aliphatic heterocycles. The van der Waals surface area contributed by atoms with Gasteiger partial charge in [0.05, 0.1) is 25.4 Å². The van der Waals surface area contributed by atoms with Crippen LogP contribution in [0.15, 0.2) is 24.8 Å². The van der Waals surface area contributed by atoms with Crippen LogP contribution in [0.5, 0.6) is 0 Å². The van der Waals surface area contributed by atoms with Crippen molar-refractivity contribution in [2.24, 2.45) is 0 Å². The Balaban J connectivity index is 2.68. The van der Waals surface area contributed by atoms with Gasteiger partial charge in [0.1, 0.15) is 5.82 Å². The van der Waals surface area contributed by atoms with E-state index in [1.807, 2.05) is 0 Å². The molecular weight excluding hydrogens is 239 g/mol. The van der Waals surface area contributed by atoms with E-state index in [1.54, 1.807) is 7.11 Å². The van der Waals surface area contributed by atoms with Crippen LogP contribution >= 0.6 is 0 Å². The third kappa shape index (κ3) is 3.94. The van der Waals surface area contributed by atoms with Crippen molar-refractivity contribution < 1.29 is 23.8 Å². The molecule has 18 heavy (non-hydrogen) atoms. The van der Waals surface area contributed by atoms with E-state index in [0.717, 1.165) is 6.07 Å². The SMILES string of the molecule is C=C(C(=O)O)c1ccc(COCCOC)c(F)c1. The molecule has 4 nitrogen and oxygen atoms in total. The van der Waals surface area contributed by atoms with Gasteiger partial charge in [-0.3, -0.25) is 0 Å². The lowest BCUT2D eigenvalue weighted by atomic mass is 10.1. The van der Waals surface area contributed by atoms with E-state index in [9.17, 15) is 9.18 Å². The average molecular weight is 254 g/mol. The fraction of sp³-hybridized carbons (Fsp3) is 0.308. The number of hydrogen-bond donors (Lipinski definition) is 1. The molecule has 0 unspecified atom stereocenters. The summed E-state index contributed by atoms with van der Waals surface area (Å²) in [5, 5.41) is 8.74. The third-order valence-electron chi connectivity index (χ3n) is 2.35. The summed E-state index contributed by atoms with van der Waals surface area (Å²) in [4.78, 5) is 10.7. The van der Waals surface area contributed by atoms with Crippen LogP contribution in [-0.2, 0) is 20.9 Å². The van der Waals surface area contributed by atoms with Gasteiger partial charge in [-0.2, -0.15) is 0 Å². The Morgan fingerprint density at radius 2 is 2.17 bits per heavy atom. The van der Waals surface area contributed by atoms with Gasteiger partial charge in [-0.1, -0.05) is 18.7 Å². The van der Waals surface area contributed by atoms with Crippen molar-refractivity contribution in [3.05, 3.63) is 41.7 Å². The predicted octanol–water partition coefficient (Wildman–Crippen LogP) is 2.09. The van der Waals surface area contributed by atoms with Crippen molar-refractivity contribution in [2.45, 2.75) is 6.61 Å². The minimum atomic E-state index is -1.17. The smallest absolute Gasteiger partial charge is 0.335 e. The van der Waals surface area contributed by atoms with Gasteiger partial charge in [-0.15, -0.1) is 0 Å². The molecule has 0 aromatic heterocycles. The molecular formula is C13H15FO4. The van der Waals surface area contributed by atoms with Gasteiger partial charge in [0.2, 0.25) is 0 Å². The number of methoxy groups -OCH3 is 1. The van der Waals surface area contributed by atoms with Crippen LogP contribution in [0.2, 0.25) is 0 Å². The van der Waals surface area contributed by atoms with Crippen molar-refractivity contribution in [1.29, 1.82) is 0 Å². The second-order valence-corrected chi connectivity index (χ2v) is 3.64. The Labute approximate surface area is 105 Å². The lowest BCUT2D eigenvalue weighted by Crippen LogP contribution is -2.04. The maximum atomic E-state index is 13.6. The second kappa shape index (κ2) is 6.88. The van der Waals surface area contributed by atoms with E-state index in [-0.39, 0.29) is 17.7 Å². The first-order chi connectivity index (χ1) is 8.56. The summed E-state index contributed by atoms with van der Waals surface area (Å²) in [5.74, 6) is -1.68. The van der Waals surface area contributed by atoms with Gasteiger partial charge < -0.3 is 14.6 Å². The second-order valence-electron chi connectivity index (χ2n) is 3.64. The molecule has 0 aliphatic carbocycles. The monoisotopic (exact) mass is 254 g/mol. The number of rotatable bonds is 7. The topological polar surface area (TPSA) is 55.8 Å². The number of carboxylic acids is 1. The fourth-order valence-electron chi connectivity index (χ4n) is 1.30. The van der Waals surface area contributed by atoms with Crippen molar-refractivity contribution in [1.82, 2.24) is 0 Å². The molecule has 0 fully saturated rings. The minimum Gasteiger partial charge on any atom is -0.478 e. The molecule has 0 spiro atoms. The molecule has 0 atom stereocenters. The molecule has 1 aromatic rings. The third-order valence-corrected chi connectivity index (χ3v) is 2.35. The number of aliphatic carboxylic acids is 1. The standard InChI is InChI=1S/C13H15FO4/c1-9(13(15)16)10-3-4-11(12(14)7-10)8-18-6-5-17-2/h3-4,7H,1,5-6,8H2,2H3,(H,15,16). The summed E-state index contributed by atoms with van der Waals surface area (Å²) in [5.41, 5.74) is 0.481. The van der Waals surface area contributed by atoms with E-state index < -0.39 is 11.8 Å². The zero-order chi connectivity index (χ0) is 13.5. The number of carboxylic acid groups (broad SMARTS) is 1. The van der Waals surface area contributed by atoms with Crippen LogP contribution in [-0.4, -0.2) is 31.4 Å². The van der Waals surface area contributed by atoms with Crippen molar-refractivity contribution in [2.75, 3.05) is 20.3 Å². The Hall–Kier alpha value is -1.72. The lowest BCUT2D eigenvalue weighted by Gasteiger charge is -2.07. The Morgan fingerprint density at radius 3 is 2.72 bits per heavy atom. The van der Waals surface area contributed by atoms with Crippen LogP contribution in [0.4, 0.5) is 4.39 Å². The molecule has 0 aliphatic rings. The minimum absolute atomic E-state index is 0.120. The fourth-order valence-corrected chi connectivity index (χ4v) is 1.30. The summed E-state index contributed by atoms with van der Waals surface area (Å²) in [7, 11) is 1.55. The highest BCUT2D eigenvalue weighted by atomic mass is 19.1. The Bertz CT molecular complexity index is 443. The van der Waals surface area contributed by atoms with Gasteiger partial charge in [-0.25, -0.2) is 9.18 Å². The molecule has 1 aromatic carbocycles. The van der Waals surface area contributed by atoms with Crippen LogP contribution in [0.25, 0.3) is 5.57 Å². The largest absolute Gasteiger partial charge is 0.478 e. The first kappa shape index (κ1) is 14.3. The molecule has 0 radical (unpaired) electrons. The molecule has 0 saturated carbocycles. The van der Waals surface area contributed by atoms with E-state index >= 15 is 0 Å². The zero-order valence-electron chi connectivity index (χ0n) is 10.1. The molecule has 98 valence electrons. The first-order valence-electron chi connectivity index (χ1n) is 5.34. The molecule has 0 saturated heterocycles. The Kier molecular flexibility index (Phi) is 5.48. The summed E-state index contributed by atoms with van der Waals surface area (Å²) in [6, 6.07) is 4.14. The number of carbonyl (C=O) groups is 1. The summed E-state index contributed by atoms with van der Waals surface area (Å²) in [6.07, 6.45) is 0. The highest BCUT2D eigenvalue weighted by Gasteiger charge is 2.10. The van der Waals surface area contributed by atoms with Gasteiger partial charge in [-0.05, 0) is 11.6 Å². The molecule has 0 bridgehead atoms. The molecule has 1 N–H and O–H groups in total. The molecule has 0 heterocycles. The van der Waals surface area contributed by atoms with E-state index in [4.69, 9.17) is 14.6 Å². The van der Waals surface area contributed by atoms with Crippen LogP contribution in [0.3, 0.4) is 0 Å². The summed E-state index contributed by atoms with van der Waals surface area (Å²) in [6.45, 7) is 4.30. The number of benzene rings is 1.